The zero-order chi connectivity index (χ0) is 9.64. The molecule has 0 unspecified atom stereocenters. The van der Waals surface area contributed by atoms with Gasteiger partial charge in [-0.3, -0.25) is 5.10 Å². The molecule has 0 saturated heterocycles. The van der Waals surface area contributed by atoms with Gasteiger partial charge in [-0.2, -0.15) is 5.10 Å². The van der Waals surface area contributed by atoms with E-state index < -0.39 is 0 Å². The second kappa shape index (κ2) is 4.52. The van der Waals surface area contributed by atoms with Crippen LogP contribution in [0.15, 0.2) is 18.9 Å². The van der Waals surface area contributed by atoms with Gasteiger partial charge < -0.3 is 10.3 Å². The van der Waals surface area contributed by atoms with Gasteiger partial charge in [-0.1, -0.05) is 0 Å². The molecule has 2 rings (SSSR count). The topological polar surface area (TPSA) is 82.3 Å². The first-order valence-corrected chi connectivity index (χ1v) is 4.47. The molecule has 6 heteroatoms. The molecule has 2 aromatic heterocycles. The van der Waals surface area contributed by atoms with E-state index in [1.54, 1.807) is 12.5 Å². The second-order valence-corrected chi connectivity index (χ2v) is 2.94. The highest BCUT2D eigenvalue weighted by atomic mass is 15.2. The summed E-state index contributed by atoms with van der Waals surface area (Å²) in [5, 5.41) is 9.85. The molecule has 0 aliphatic heterocycles. The summed E-state index contributed by atoms with van der Waals surface area (Å²) in [6.45, 7) is 1.67. The number of rotatable bonds is 5. The van der Waals surface area contributed by atoms with Crippen molar-refractivity contribution >= 4 is 0 Å². The normalized spacial score (nSPS) is 10.6. The minimum absolute atomic E-state index is 0.800. The predicted octanol–water partition coefficient (Wildman–Crippen LogP) is -0.140. The van der Waals surface area contributed by atoms with Crippen LogP contribution in [0.4, 0.5) is 0 Å². The highest BCUT2D eigenvalue weighted by Gasteiger charge is 1.95. The number of hydrogen-bond acceptors (Lipinski definition) is 4. The summed E-state index contributed by atoms with van der Waals surface area (Å²) in [6.07, 6.45) is 5.85. The smallest absolute Gasteiger partial charge is 0.137 e. The fourth-order valence-electron chi connectivity index (χ4n) is 1.16. The third-order valence-electron chi connectivity index (χ3n) is 1.87. The molecule has 0 saturated carbocycles. The van der Waals surface area contributed by atoms with E-state index in [9.17, 15) is 0 Å². The fraction of sp³-hybridized carbons (Fsp3) is 0.375. The molecule has 0 radical (unpaired) electrons. The van der Waals surface area contributed by atoms with Crippen LogP contribution in [0.5, 0.6) is 0 Å². The molecule has 0 fully saturated rings. The maximum Gasteiger partial charge on any atom is 0.137 e. The lowest BCUT2D eigenvalue weighted by atomic mass is 10.4. The van der Waals surface area contributed by atoms with Crippen molar-refractivity contribution < 1.29 is 0 Å². The summed E-state index contributed by atoms with van der Waals surface area (Å²) in [7, 11) is 0. The van der Waals surface area contributed by atoms with Crippen molar-refractivity contribution in [3.63, 3.8) is 0 Å². The Labute approximate surface area is 81.2 Å². The molecule has 3 N–H and O–H groups in total. The standard InChI is InChI=1S/C8H12N6/c1(8-12-6-13-14-8)2-9-3-7-4-10-5-11-7/h4-6,9H,1-3H2,(H,10,11)(H,12,13,14). The van der Waals surface area contributed by atoms with Crippen LogP contribution in [-0.4, -0.2) is 31.7 Å². The van der Waals surface area contributed by atoms with Crippen molar-refractivity contribution in [3.8, 4) is 0 Å². The molecular formula is C8H12N6. The van der Waals surface area contributed by atoms with Crippen LogP contribution in [0, 0.1) is 0 Å². The van der Waals surface area contributed by atoms with Crippen molar-refractivity contribution in [2.45, 2.75) is 13.0 Å². The van der Waals surface area contributed by atoms with Crippen LogP contribution in [0.2, 0.25) is 0 Å². The summed E-state index contributed by atoms with van der Waals surface area (Å²) in [5.41, 5.74) is 1.09. The second-order valence-electron chi connectivity index (χ2n) is 2.94. The first-order chi connectivity index (χ1) is 6.95. The minimum Gasteiger partial charge on any atom is -0.347 e. The molecule has 0 atom stereocenters. The van der Waals surface area contributed by atoms with Gasteiger partial charge in [-0.25, -0.2) is 9.97 Å². The Morgan fingerprint density at radius 3 is 3.14 bits per heavy atom. The van der Waals surface area contributed by atoms with Crippen LogP contribution in [0.3, 0.4) is 0 Å². The van der Waals surface area contributed by atoms with E-state index in [2.05, 4.69) is 30.5 Å². The van der Waals surface area contributed by atoms with Gasteiger partial charge in [0.25, 0.3) is 0 Å². The van der Waals surface area contributed by atoms with Gasteiger partial charge in [0.15, 0.2) is 0 Å². The Hall–Kier alpha value is -1.69. The Morgan fingerprint density at radius 1 is 1.43 bits per heavy atom. The van der Waals surface area contributed by atoms with Crippen LogP contribution < -0.4 is 5.32 Å². The van der Waals surface area contributed by atoms with E-state index in [1.807, 2.05) is 0 Å². The fourth-order valence-corrected chi connectivity index (χ4v) is 1.16. The van der Waals surface area contributed by atoms with Gasteiger partial charge in [-0.15, -0.1) is 0 Å². The number of H-pyrrole nitrogens is 2. The van der Waals surface area contributed by atoms with Gasteiger partial charge in [0.05, 0.1) is 6.33 Å². The minimum atomic E-state index is 0.800. The predicted molar refractivity (Wildman–Crippen MR) is 50.4 cm³/mol. The van der Waals surface area contributed by atoms with Gasteiger partial charge in [0, 0.05) is 31.4 Å². The van der Waals surface area contributed by atoms with Crippen LogP contribution in [0.1, 0.15) is 11.5 Å². The molecule has 2 aromatic rings. The maximum absolute atomic E-state index is 4.02. The SMILES string of the molecule is c1n[nH]c(CCNCc2cnc[nH]2)n1. The molecule has 14 heavy (non-hydrogen) atoms. The summed E-state index contributed by atoms with van der Waals surface area (Å²) in [5.74, 6) is 0.905. The summed E-state index contributed by atoms with van der Waals surface area (Å²) in [6, 6.07) is 0. The number of nitrogens with one attached hydrogen (secondary N) is 3. The number of hydrogen-bond donors (Lipinski definition) is 3. The Balaban J connectivity index is 1.65. The Morgan fingerprint density at radius 2 is 2.43 bits per heavy atom. The van der Waals surface area contributed by atoms with Gasteiger partial charge >= 0.3 is 0 Å². The zero-order valence-corrected chi connectivity index (χ0v) is 7.70. The quantitative estimate of drug-likeness (QED) is 0.576. The van der Waals surface area contributed by atoms with E-state index in [1.165, 1.54) is 6.33 Å². The lowest BCUT2D eigenvalue weighted by Gasteiger charge is -2.00. The Bertz CT molecular complexity index is 302. The first-order valence-electron chi connectivity index (χ1n) is 4.47. The summed E-state index contributed by atoms with van der Waals surface area (Å²) in [4.78, 5) is 11.0. The van der Waals surface area contributed by atoms with Crippen molar-refractivity contribution in [1.29, 1.82) is 0 Å². The van der Waals surface area contributed by atoms with Crippen molar-refractivity contribution in [2.24, 2.45) is 0 Å². The van der Waals surface area contributed by atoms with E-state index in [4.69, 9.17) is 0 Å². The maximum atomic E-state index is 4.02. The third-order valence-corrected chi connectivity index (χ3v) is 1.87. The Kier molecular flexibility index (Phi) is 2.87. The molecule has 74 valence electrons. The molecule has 0 aliphatic rings. The average Bonchev–Trinajstić information content (AvgIpc) is 2.86. The van der Waals surface area contributed by atoms with E-state index in [0.717, 1.165) is 31.0 Å². The van der Waals surface area contributed by atoms with E-state index in [0.29, 0.717) is 0 Å². The van der Waals surface area contributed by atoms with Crippen molar-refractivity contribution in [3.05, 3.63) is 30.4 Å². The molecule has 2 heterocycles. The molecule has 0 spiro atoms. The van der Waals surface area contributed by atoms with Gasteiger partial charge in [0.2, 0.25) is 0 Å². The number of aromatic amines is 2. The largest absolute Gasteiger partial charge is 0.347 e. The third kappa shape index (κ3) is 2.40. The lowest BCUT2D eigenvalue weighted by Crippen LogP contribution is -2.17. The van der Waals surface area contributed by atoms with E-state index in [-0.39, 0.29) is 0 Å². The van der Waals surface area contributed by atoms with Gasteiger partial charge in [-0.05, 0) is 0 Å². The monoisotopic (exact) mass is 192 g/mol. The molecule has 0 aromatic carbocycles. The first kappa shape index (κ1) is 8.89. The molecule has 0 aliphatic carbocycles. The van der Waals surface area contributed by atoms with Crippen molar-refractivity contribution in [1.82, 2.24) is 30.5 Å². The highest BCUT2D eigenvalue weighted by Crippen LogP contribution is 1.90. The number of nitrogens with zero attached hydrogens (tertiary/aromatic N) is 3. The zero-order valence-electron chi connectivity index (χ0n) is 7.70. The number of imidazole rings is 1. The summed E-state index contributed by atoms with van der Waals surface area (Å²) < 4.78 is 0. The molecule has 0 amide bonds. The lowest BCUT2D eigenvalue weighted by molar-refractivity contribution is 0.663. The van der Waals surface area contributed by atoms with Gasteiger partial charge in [0.1, 0.15) is 12.2 Å². The van der Waals surface area contributed by atoms with Crippen LogP contribution in [0.25, 0.3) is 0 Å². The molecule has 6 nitrogen and oxygen atoms in total. The summed E-state index contributed by atoms with van der Waals surface area (Å²) >= 11 is 0. The van der Waals surface area contributed by atoms with Crippen LogP contribution in [-0.2, 0) is 13.0 Å². The molecular weight excluding hydrogens is 180 g/mol. The van der Waals surface area contributed by atoms with Crippen molar-refractivity contribution in [2.75, 3.05) is 6.54 Å². The molecule has 0 bridgehead atoms. The average molecular weight is 192 g/mol. The number of aromatic nitrogens is 5. The van der Waals surface area contributed by atoms with Crippen LogP contribution >= 0.6 is 0 Å². The highest BCUT2D eigenvalue weighted by molar-refractivity contribution is 4.93. The van der Waals surface area contributed by atoms with E-state index >= 15 is 0 Å².